The van der Waals surface area contributed by atoms with Crippen LogP contribution >= 0.6 is 23.5 Å². The van der Waals surface area contributed by atoms with Crippen molar-refractivity contribution in [1.82, 2.24) is 19.5 Å². The minimum Gasteiger partial charge on any atom is -0.534 e. The molecule has 0 aliphatic carbocycles. The molecule has 2 saturated heterocycles. The van der Waals surface area contributed by atoms with Gasteiger partial charge in [0.25, 0.3) is 0 Å². The van der Waals surface area contributed by atoms with Crippen LogP contribution in [0.3, 0.4) is 0 Å². The molecule has 0 amide bonds. The highest BCUT2D eigenvalue weighted by atomic mass is 32.2. The predicted octanol–water partition coefficient (Wildman–Crippen LogP) is 5.51. The molecule has 0 radical (unpaired) electrons. The molecule has 4 heterocycles. The van der Waals surface area contributed by atoms with Gasteiger partial charge >= 0.3 is 14.2 Å². The lowest BCUT2D eigenvalue weighted by atomic mass is 9.78. The number of hydrogen-bond donors (Lipinski definition) is 0. The van der Waals surface area contributed by atoms with Gasteiger partial charge in [-0.05, 0) is 76.1 Å². The average Bonchev–Trinajstić information content (AvgIpc) is 3.56. The molecule has 0 bridgehead atoms. The fraction of sp³-hybridized carbons (Fsp3) is 0.387. The number of unbranched alkanes of at least 4 members (excludes halogenated alkanes) is 1. The molecule has 222 valence electrons. The molecule has 2 fully saturated rings. The summed E-state index contributed by atoms with van der Waals surface area (Å²) < 4.78 is 26.9. The Kier molecular flexibility index (Phi) is 8.08. The van der Waals surface area contributed by atoms with Crippen LogP contribution in [0.1, 0.15) is 46.4 Å². The lowest BCUT2D eigenvalue weighted by Crippen LogP contribution is -2.34. The maximum atomic E-state index is 6.22. The average molecular weight is 614 g/mol. The Morgan fingerprint density at radius 2 is 1.23 bits per heavy atom. The Bertz CT molecular complexity index is 1630. The summed E-state index contributed by atoms with van der Waals surface area (Å²) in [4.78, 5) is 13.7. The first-order valence-electron chi connectivity index (χ1n) is 14.5. The highest BCUT2D eigenvalue weighted by Gasteiger charge is 2.44. The summed E-state index contributed by atoms with van der Waals surface area (Å²) in [5.41, 5.74) is 3.09. The minimum atomic E-state index is -0.540. The molecule has 8 nitrogen and oxygen atoms in total. The van der Waals surface area contributed by atoms with Crippen molar-refractivity contribution in [1.29, 1.82) is 0 Å². The van der Waals surface area contributed by atoms with E-state index in [2.05, 4.69) is 69.1 Å². The van der Waals surface area contributed by atoms with Crippen molar-refractivity contribution in [3.63, 3.8) is 0 Å². The zero-order valence-electron chi connectivity index (χ0n) is 25.6. The number of fused-ring (bicyclic) bond motifs is 3. The van der Waals surface area contributed by atoms with Gasteiger partial charge in [-0.2, -0.15) is 4.98 Å². The molecule has 0 N–H and O–H groups in total. The molecule has 0 atom stereocenters. The summed E-state index contributed by atoms with van der Waals surface area (Å²) in [5, 5.41) is 3.87. The van der Waals surface area contributed by atoms with Crippen LogP contribution in [0.5, 0.6) is 0 Å². The second kappa shape index (κ2) is 11.5. The monoisotopic (exact) mass is 614 g/mol. The second-order valence-corrected chi connectivity index (χ2v) is 13.4. The number of aromatic nitrogens is 4. The van der Waals surface area contributed by atoms with Gasteiger partial charge in [0.1, 0.15) is 17.0 Å². The summed E-state index contributed by atoms with van der Waals surface area (Å²) in [7, 11) is -0.995. The molecule has 6 rings (SSSR count). The molecular formula is C31H36B2N4O4S2. The van der Waals surface area contributed by atoms with Crippen LogP contribution in [0.2, 0.25) is 0 Å². The van der Waals surface area contributed by atoms with Gasteiger partial charge in [-0.1, -0.05) is 60.9 Å². The van der Waals surface area contributed by atoms with E-state index < -0.39 is 25.4 Å². The number of benzene rings is 2. The Balaban J connectivity index is 1.33. The van der Waals surface area contributed by atoms with Crippen molar-refractivity contribution in [3.8, 4) is 0 Å². The van der Waals surface area contributed by atoms with Crippen LogP contribution in [-0.2, 0) is 31.6 Å². The quantitative estimate of drug-likeness (QED) is 0.138. The number of thioether (sulfide) groups is 2. The zero-order valence-corrected chi connectivity index (χ0v) is 27.2. The molecule has 2 aromatic carbocycles. The molecule has 0 spiro atoms. The topological polar surface area (TPSA) is 80.5 Å². The number of nitrogens with zero attached hydrogens (tertiary/aromatic N) is 4. The van der Waals surface area contributed by atoms with Gasteiger partial charge in [0.15, 0.2) is 10.3 Å². The van der Waals surface area contributed by atoms with Crippen LogP contribution < -0.4 is 10.9 Å². The van der Waals surface area contributed by atoms with Crippen LogP contribution in [0, 0.1) is 0 Å². The molecule has 12 heteroatoms. The standard InChI is InChI=1S/C31H36B2N4O4S2/c1-19-30(3,4)40-32(38-19)21-12-14-23-24-15-13-22(33-39-20(2)31(5,6)41-33)18-26(24)37(25(23)17-21)16-10-9-11-27-34-28(42-7)36-29(35-27)43-8/h12-15,17-18H,1-2,9-11,16H2,3-8H3. The summed E-state index contributed by atoms with van der Waals surface area (Å²) in [5.74, 6) is 2.11. The van der Waals surface area contributed by atoms with Crippen molar-refractivity contribution in [3.05, 3.63) is 66.9 Å². The molecule has 0 unspecified atom stereocenters. The molecule has 0 saturated carbocycles. The number of hydrogen-bond acceptors (Lipinski definition) is 9. The first kappa shape index (κ1) is 30.1. The maximum Gasteiger partial charge on any atom is 0.563 e. The molecule has 2 aromatic heterocycles. The van der Waals surface area contributed by atoms with Crippen molar-refractivity contribution in [2.24, 2.45) is 0 Å². The largest absolute Gasteiger partial charge is 0.563 e. The summed E-state index contributed by atoms with van der Waals surface area (Å²) in [6.07, 6.45) is 6.66. The third kappa shape index (κ3) is 5.82. The summed E-state index contributed by atoms with van der Waals surface area (Å²) in [6.45, 7) is 16.8. The van der Waals surface area contributed by atoms with E-state index in [0.29, 0.717) is 11.5 Å². The SMILES string of the molecule is C=C1OB(c2ccc3c4ccc(B5OC(=C)C(C)(C)O5)cc4n(CCCCc4nc(SC)nc(SC)n4)c3c2)OC1(C)C. The minimum absolute atomic E-state index is 0.498. The maximum absolute atomic E-state index is 6.22. The van der Waals surface area contributed by atoms with Crippen LogP contribution in [-0.4, -0.2) is 57.5 Å². The van der Waals surface area contributed by atoms with Crippen molar-refractivity contribution >= 4 is 70.5 Å². The Morgan fingerprint density at radius 3 is 1.65 bits per heavy atom. The van der Waals surface area contributed by atoms with Gasteiger partial charge in [0.2, 0.25) is 0 Å². The lowest BCUT2D eigenvalue weighted by molar-refractivity contribution is 0.172. The third-order valence-corrected chi connectivity index (χ3v) is 9.24. The van der Waals surface area contributed by atoms with Crippen LogP contribution in [0.15, 0.2) is 71.4 Å². The van der Waals surface area contributed by atoms with Gasteiger partial charge in [0, 0.05) is 34.8 Å². The van der Waals surface area contributed by atoms with E-state index in [4.69, 9.17) is 18.6 Å². The Labute approximate surface area is 262 Å². The molecule has 2 aliphatic rings. The fourth-order valence-corrected chi connectivity index (χ4v) is 6.22. The number of aryl methyl sites for hydroxylation is 2. The van der Waals surface area contributed by atoms with Crippen LogP contribution in [0.25, 0.3) is 21.8 Å². The van der Waals surface area contributed by atoms with E-state index in [-0.39, 0.29) is 0 Å². The smallest absolute Gasteiger partial charge is 0.534 e. The lowest BCUT2D eigenvalue weighted by Gasteiger charge is -2.15. The normalized spacial score (nSPS) is 17.7. The predicted molar refractivity (Wildman–Crippen MR) is 177 cm³/mol. The first-order valence-corrected chi connectivity index (χ1v) is 16.9. The Morgan fingerprint density at radius 1 is 0.744 bits per heavy atom. The fourth-order valence-electron chi connectivity index (χ4n) is 5.42. The van der Waals surface area contributed by atoms with Gasteiger partial charge < -0.3 is 23.2 Å². The number of rotatable bonds is 9. The van der Waals surface area contributed by atoms with Crippen molar-refractivity contribution in [2.75, 3.05) is 12.5 Å². The van der Waals surface area contributed by atoms with Crippen molar-refractivity contribution < 1.29 is 18.6 Å². The summed E-state index contributed by atoms with van der Waals surface area (Å²) in [6, 6.07) is 12.9. The second-order valence-electron chi connectivity index (χ2n) is 11.9. The first-order chi connectivity index (χ1) is 20.5. The summed E-state index contributed by atoms with van der Waals surface area (Å²) >= 11 is 3.09. The van der Waals surface area contributed by atoms with Gasteiger partial charge in [0.05, 0.1) is 11.5 Å². The zero-order chi connectivity index (χ0) is 30.5. The van der Waals surface area contributed by atoms with E-state index in [1.54, 1.807) is 23.5 Å². The van der Waals surface area contributed by atoms with E-state index in [1.807, 2.05) is 40.2 Å². The van der Waals surface area contributed by atoms with Gasteiger partial charge in [-0.3, -0.25) is 0 Å². The van der Waals surface area contributed by atoms with Crippen molar-refractivity contribution in [2.45, 2.75) is 75.0 Å². The van der Waals surface area contributed by atoms with E-state index >= 15 is 0 Å². The highest BCUT2D eigenvalue weighted by Crippen LogP contribution is 2.33. The third-order valence-electron chi connectivity index (χ3n) is 8.14. The Hall–Kier alpha value is -2.92. The molecular weight excluding hydrogens is 578 g/mol. The van der Waals surface area contributed by atoms with E-state index in [1.165, 1.54) is 10.8 Å². The highest BCUT2D eigenvalue weighted by molar-refractivity contribution is 7.99. The molecule has 2 aliphatic heterocycles. The molecule has 43 heavy (non-hydrogen) atoms. The van der Waals surface area contributed by atoms with E-state index in [9.17, 15) is 0 Å². The van der Waals surface area contributed by atoms with Gasteiger partial charge in [-0.25, -0.2) is 9.97 Å². The van der Waals surface area contributed by atoms with Crippen LogP contribution in [0.4, 0.5) is 0 Å². The van der Waals surface area contributed by atoms with E-state index in [0.717, 1.165) is 63.9 Å². The van der Waals surface area contributed by atoms with Gasteiger partial charge in [-0.15, -0.1) is 0 Å². The molecule has 4 aromatic rings.